The highest BCUT2D eigenvalue weighted by molar-refractivity contribution is 5.91. The van der Waals surface area contributed by atoms with E-state index < -0.39 is 37.6 Å². The zero-order valence-electron chi connectivity index (χ0n) is 8.85. The van der Waals surface area contributed by atoms with Gasteiger partial charge in [0.15, 0.2) is 12.4 Å². The highest BCUT2D eigenvalue weighted by Crippen LogP contribution is 2.28. The van der Waals surface area contributed by atoms with Crippen LogP contribution < -0.4 is 5.73 Å². The van der Waals surface area contributed by atoms with Gasteiger partial charge >= 0.3 is 0 Å². The van der Waals surface area contributed by atoms with E-state index >= 15 is 0 Å². The molecule has 1 saturated heterocycles. The van der Waals surface area contributed by atoms with Gasteiger partial charge in [-0.3, -0.25) is 0 Å². The van der Waals surface area contributed by atoms with Crippen molar-refractivity contribution in [3.63, 3.8) is 0 Å². The van der Waals surface area contributed by atoms with E-state index in [-0.39, 0.29) is 5.84 Å². The molecule has 2 aliphatic heterocycles. The van der Waals surface area contributed by atoms with Crippen molar-refractivity contribution in [2.24, 2.45) is 10.7 Å². The monoisotopic (exact) mass is 247 g/mol. The molecule has 5 atom stereocenters. The smallest absolute Gasteiger partial charge is 0.229 e. The molecule has 17 heavy (non-hydrogen) atoms. The lowest BCUT2D eigenvalue weighted by molar-refractivity contribution is -0.129. The molecule has 96 valence electrons. The van der Waals surface area contributed by atoms with Crippen LogP contribution in [-0.2, 0) is 4.74 Å². The van der Waals surface area contributed by atoms with Crippen molar-refractivity contribution in [2.75, 3.05) is 6.61 Å². The highest BCUT2D eigenvalue weighted by Gasteiger charge is 2.47. The molecule has 0 aliphatic carbocycles. The van der Waals surface area contributed by atoms with Gasteiger partial charge in [0.25, 0.3) is 0 Å². The molecule has 2 aliphatic rings. The number of hydrogen-bond acceptors (Lipinski definition) is 7. The van der Waals surface area contributed by atoms with Crippen molar-refractivity contribution in [1.82, 2.24) is 4.90 Å². The lowest BCUT2D eigenvalue weighted by Gasteiger charge is -2.32. The zero-order valence-corrected chi connectivity index (χ0v) is 8.85. The van der Waals surface area contributed by atoms with E-state index in [0.29, 0.717) is 0 Å². The minimum atomic E-state index is -1.71. The van der Waals surface area contributed by atoms with E-state index in [1.54, 1.807) is 0 Å². The molecule has 0 spiro atoms. The Morgan fingerprint density at radius 3 is 2.76 bits per heavy atom. The van der Waals surface area contributed by atoms with Crippen molar-refractivity contribution >= 4 is 5.84 Å². The standard InChI is InChI=1S/C9H14FN3O4/c10-6-4(3-14)17-8(7(6)15)13-2-1-5(11)12-9(13)16/h1-2,4,6-9,14-16H,3H2,(H2,11,12)/t4-,6?,7?,8-,9?/m1/s1. The molecule has 2 heterocycles. The second-order valence-electron chi connectivity index (χ2n) is 3.85. The Bertz CT molecular complexity index is 351. The molecule has 0 bridgehead atoms. The summed E-state index contributed by atoms with van der Waals surface area (Å²) in [5.74, 6) is 0.122. The van der Waals surface area contributed by atoms with Crippen LogP contribution >= 0.6 is 0 Å². The number of halogens is 1. The van der Waals surface area contributed by atoms with E-state index in [2.05, 4.69) is 4.99 Å². The van der Waals surface area contributed by atoms with Crippen LogP contribution in [0.25, 0.3) is 0 Å². The third-order valence-corrected chi connectivity index (χ3v) is 2.71. The third kappa shape index (κ3) is 2.12. The number of alkyl halides is 1. The number of aliphatic imine (C=N–C) groups is 1. The normalized spacial score (nSPS) is 41.8. The summed E-state index contributed by atoms with van der Waals surface area (Å²) in [5.41, 5.74) is 5.36. The van der Waals surface area contributed by atoms with Crippen LogP contribution in [-0.4, -0.2) is 63.6 Å². The van der Waals surface area contributed by atoms with Gasteiger partial charge in [0.1, 0.15) is 18.0 Å². The first-order chi connectivity index (χ1) is 8.04. The number of rotatable bonds is 2. The molecule has 5 N–H and O–H groups in total. The van der Waals surface area contributed by atoms with E-state index in [1.165, 1.54) is 12.3 Å². The van der Waals surface area contributed by atoms with E-state index in [4.69, 9.17) is 15.6 Å². The van der Waals surface area contributed by atoms with Gasteiger partial charge in [-0.25, -0.2) is 9.38 Å². The Balaban J connectivity index is 2.12. The van der Waals surface area contributed by atoms with Crippen LogP contribution in [0.2, 0.25) is 0 Å². The van der Waals surface area contributed by atoms with Crippen molar-refractivity contribution in [3.8, 4) is 0 Å². The van der Waals surface area contributed by atoms with Gasteiger partial charge in [0, 0.05) is 6.20 Å². The maximum Gasteiger partial charge on any atom is 0.229 e. The van der Waals surface area contributed by atoms with E-state index in [1.807, 2.05) is 0 Å². The van der Waals surface area contributed by atoms with E-state index in [0.717, 1.165) is 4.90 Å². The second-order valence-corrected chi connectivity index (χ2v) is 3.85. The van der Waals surface area contributed by atoms with Gasteiger partial charge in [-0.1, -0.05) is 0 Å². The minimum absolute atomic E-state index is 0.122. The van der Waals surface area contributed by atoms with Gasteiger partial charge in [-0.05, 0) is 6.08 Å². The summed E-state index contributed by atoms with van der Waals surface area (Å²) in [5, 5.41) is 28.1. The molecule has 0 aromatic heterocycles. The Morgan fingerprint density at radius 1 is 1.53 bits per heavy atom. The zero-order chi connectivity index (χ0) is 12.6. The molecule has 0 saturated carbocycles. The molecule has 7 nitrogen and oxygen atoms in total. The lowest BCUT2D eigenvalue weighted by atomic mass is 10.1. The maximum atomic E-state index is 13.5. The molecule has 0 aromatic rings. The molecule has 2 rings (SSSR count). The van der Waals surface area contributed by atoms with Crippen LogP contribution in [0.15, 0.2) is 17.3 Å². The van der Waals surface area contributed by atoms with Crippen LogP contribution in [0, 0.1) is 0 Å². The summed E-state index contributed by atoms with van der Waals surface area (Å²) in [6.45, 7) is -0.548. The van der Waals surface area contributed by atoms with Crippen LogP contribution in [0.3, 0.4) is 0 Å². The van der Waals surface area contributed by atoms with Crippen molar-refractivity contribution in [2.45, 2.75) is 31.0 Å². The Labute approximate surface area is 96.6 Å². The first-order valence-electron chi connectivity index (χ1n) is 5.10. The first kappa shape index (κ1) is 12.2. The number of aliphatic hydroxyl groups is 3. The number of ether oxygens (including phenoxy) is 1. The Hall–Kier alpha value is -1.22. The summed E-state index contributed by atoms with van der Waals surface area (Å²) in [7, 11) is 0. The topological polar surface area (TPSA) is 112 Å². The number of hydrogen-bond donors (Lipinski definition) is 4. The quantitative estimate of drug-likeness (QED) is 0.443. The second kappa shape index (κ2) is 4.57. The van der Waals surface area contributed by atoms with Gasteiger partial charge in [-0.2, -0.15) is 0 Å². The van der Waals surface area contributed by atoms with Crippen molar-refractivity contribution < 1.29 is 24.4 Å². The molecular formula is C9H14FN3O4. The molecule has 1 fully saturated rings. The Kier molecular flexibility index (Phi) is 3.29. The molecule has 3 unspecified atom stereocenters. The van der Waals surface area contributed by atoms with Gasteiger partial charge in [0.2, 0.25) is 6.35 Å². The predicted octanol–water partition coefficient (Wildman–Crippen LogP) is -2.13. The summed E-state index contributed by atoms with van der Waals surface area (Å²) in [6, 6.07) is 0. The highest BCUT2D eigenvalue weighted by atomic mass is 19.1. The van der Waals surface area contributed by atoms with Crippen LogP contribution in [0.5, 0.6) is 0 Å². The average Bonchev–Trinajstić information content (AvgIpc) is 2.57. The summed E-state index contributed by atoms with van der Waals surface area (Å²) < 4.78 is 18.6. The number of nitrogens with zero attached hydrogens (tertiary/aromatic N) is 2. The van der Waals surface area contributed by atoms with Crippen molar-refractivity contribution in [3.05, 3.63) is 12.3 Å². The number of aliphatic hydroxyl groups excluding tert-OH is 3. The number of nitrogens with two attached hydrogens (primary N) is 1. The molecule has 0 aromatic carbocycles. The van der Waals surface area contributed by atoms with Crippen LogP contribution in [0.1, 0.15) is 0 Å². The largest absolute Gasteiger partial charge is 0.394 e. The predicted molar refractivity (Wildman–Crippen MR) is 55.3 cm³/mol. The fraction of sp³-hybridized carbons (Fsp3) is 0.667. The number of amidine groups is 1. The average molecular weight is 247 g/mol. The third-order valence-electron chi connectivity index (χ3n) is 2.71. The summed E-state index contributed by atoms with van der Waals surface area (Å²) in [6.07, 6.45) is -4.00. The van der Waals surface area contributed by atoms with Crippen molar-refractivity contribution in [1.29, 1.82) is 0 Å². The molecule has 0 radical (unpaired) electrons. The first-order valence-corrected chi connectivity index (χ1v) is 5.10. The summed E-state index contributed by atoms with van der Waals surface area (Å²) >= 11 is 0. The van der Waals surface area contributed by atoms with Gasteiger partial charge in [-0.15, -0.1) is 0 Å². The van der Waals surface area contributed by atoms with Gasteiger partial charge < -0.3 is 30.7 Å². The van der Waals surface area contributed by atoms with Crippen LogP contribution in [0.4, 0.5) is 4.39 Å². The summed E-state index contributed by atoms with van der Waals surface area (Å²) in [4.78, 5) is 4.76. The fourth-order valence-corrected chi connectivity index (χ4v) is 1.80. The SMILES string of the molecule is NC1=NC(O)N([C@@H]2O[C@H](CO)C(F)C2O)C=C1. The molecule has 8 heteroatoms. The maximum absolute atomic E-state index is 13.5. The van der Waals surface area contributed by atoms with E-state index in [9.17, 15) is 14.6 Å². The van der Waals surface area contributed by atoms with Gasteiger partial charge in [0.05, 0.1) is 6.61 Å². The fourth-order valence-electron chi connectivity index (χ4n) is 1.80. The molecule has 0 amide bonds. The minimum Gasteiger partial charge on any atom is -0.394 e. The Morgan fingerprint density at radius 2 is 2.24 bits per heavy atom. The molecular weight excluding hydrogens is 233 g/mol. The lowest BCUT2D eigenvalue weighted by Crippen LogP contribution is -2.47.